The van der Waals surface area contributed by atoms with Crippen LogP contribution < -0.4 is 0 Å². The number of allylic oxidation sites excluding steroid dienone is 1. The molecule has 6 heteroatoms. The van der Waals surface area contributed by atoms with E-state index in [1.807, 2.05) is 0 Å². The highest BCUT2D eigenvalue weighted by atomic mass is 16.6. The van der Waals surface area contributed by atoms with Gasteiger partial charge in [-0.3, -0.25) is 9.59 Å². The van der Waals surface area contributed by atoms with Gasteiger partial charge in [0.05, 0.1) is 18.8 Å². The van der Waals surface area contributed by atoms with Crippen LogP contribution in [0.5, 0.6) is 0 Å². The van der Waals surface area contributed by atoms with Crippen molar-refractivity contribution in [2.24, 2.45) is 5.92 Å². The molecule has 0 radical (unpaired) electrons. The average molecular weight is 270 g/mol. The summed E-state index contributed by atoms with van der Waals surface area (Å²) >= 11 is 0. The molecule has 19 heavy (non-hydrogen) atoms. The minimum absolute atomic E-state index is 0.162. The van der Waals surface area contributed by atoms with E-state index < -0.39 is 24.0 Å². The van der Waals surface area contributed by atoms with Gasteiger partial charge in [0.2, 0.25) is 6.10 Å². The van der Waals surface area contributed by atoms with Crippen molar-refractivity contribution in [3.63, 3.8) is 0 Å². The summed E-state index contributed by atoms with van der Waals surface area (Å²) in [4.78, 5) is 35.3. The highest BCUT2D eigenvalue weighted by molar-refractivity contribution is 6.02. The van der Waals surface area contributed by atoms with Crippen molar-refractivity contribution >= 4 is 17.7 Å². The Kier molecular flexibility index (Phi) is 5.09. The smallest absolute Gasteiger partial charge is 0.348 e. The lowest BCUT2D eigenvalue weighted by Gasteiger charge is -2.17. The number of carbonyl (C=O) groups excluding carboxylic acids is 3. The molecule has 106 valence electrons. The molecular weight excluding hydrogens is 252 g/mol. The first-order chi connectivity index (χ1) is 8.93. The lowest BCUT2D eigenvalue weighted by Crippen LogP contribution is -2.37. The van der Waals surface area contributed by atoms with Gasteiger partial charge in [-0.2, -0.15) is 0 Å². The molecular formula is C13H18O6. The van der Waals surface area contributed by atoms with Gasteiger partial charge in [-0.15, -0.1) is 0 Å². The summed E-state index contributed by atoms with van der Waals surface area (Å²) in [5.41, 5.74) is 0.177. The third-order valence-corrected chi connectivity index (χ3v) is 2.74. The second-order valence-corrected chi connectivity index (χ2v) is 4.05. The average Bonchev–Trinajstić information content (AvgIpc) is 2.67. The molecule has 2 unspecified atom stereocenters. The normalized spacial score (nSPS) is 21.9. The van der Waals surface area contributed by atoms with E-state index in [9.17, 15) is 14.4 Å². The molecule has 1 heterocycles. The highest BCUT2D eigenvalue weighted by Crippen LogP contribution is 2.33. The molecule has 0 fully saturated rings. The fraction of sp³-hybridized carbons (Fsp3) is 0.615. The van der Waals surface area contributed by atoms with Gasteiger partial charge in [0.25, 0.3) is 0 Å². The molecule has 0 aromatic rings. The van der Waals surface area contributed by atoms with Crippen LogP contribution in [0.3, 0.4) is 0 Å². The summed E-state index contributed by atoms with van der Waals surface area (Å²) in [6, 6.07) is 0. The summed E-state index contributed by atoms with van der Waals surface area (Å²) in [7, 11) is 0. The number of ketones is 1. The van der Waals surface area contributed by atoms with E-state index in [0.29, 0.717) is 0 Å². The summed E-state index contributed by atoms with van der Waals surface area (Å²) in [6.07, 6.45) is -1.14. The van der Waals surface area contributed by atoms with Gasteiger partial charge >= 0.3 is 11.9 Å². The first-order valence-corrected chi connectivity index (χ1v) is 6.15. The van der Waals surface area contributed by atoms with Crippen LogP contribution in [0, 0.1) is 5.92 Å². The van der Waals surface area contributed by atoms with Crippen molar-refractivity contribution in [2.75, 3.05) is 13.2 Å². The summed E-state index contributed by atoms with van der Waals surface area (Å²) in [5.74, 6) is -2.42. The van der Waals surface area contributed by atoms with Crippen molar-refractivity contribution in [3.8, 4) is 0 Å². The van der Waals surface area contributed by atoms with Gasteiger partial charge in [0.1, 0.15) is 11.7 Å². The van der Waals surface area contributed by atoms with E-state index in [4.69, 9.17) is 14.2 Å². The van der Waals surface area contributed by atoms with Gasteiger partial charge < -0.3 is 14.2 Å². The SMILES string of the molecule is CCOC(=O)C1OC(C)=C(C(C)=O)C1C(=O)OCC. The maximum absolute atomic E-state index is 11.9. The number of carbonyl (C=O) groups is 3. The number of hydrogen-bond donors (Lipinski definition) is 0. The molecule has 0 aliphatic carbocycles. The standard InChI is InChI=1S/C13H18O6/c1-5-17-12(15)10-9(7(3)14)8(4)19-11(10)13(16)18-6-2/h10-11H,5-6H2,1-4H3. The number of esters is 2. The zero-order chi connectivity index (χ0) is 14.6. The molecule has 0 aromatic carbocycles. The fourth-order valence-corrected chi connectivity index (χ4v) is 2.04. The maximum atomic E-state index is 11.9. The number of ether oxygens (including phenoxy) is 3. The zero-order valence-corrected chi connectivity index (χ0v) is 11.5. The van der Waals surface area contributed by atoms with Gasteiger partial charge in [-0.05, 0) is 27.7 Å². The van der Waals surface area contributed by atoms with Crippen LogP contribution in [0.25, 0.3) is 0 Å². The van der Waals surface area contributed by atoms with E-state index in [0.717, 1.165) is 0 Å². The van der Waals surface area contributed by atoms with Crippen LogP contribution in [0.1, 0.15) is 27.7 Å². The fourth-order valence-electron chi connectivity index (χ4n) is 2.04. The lowest BCUT2D eigenvalue weighted by atomic mass is 9.92. The molecule has 2 atom stereocenters. The molecule has 0 saturated carbocycles. The van der Waals surface area contributed by atoms with Crippen molar-refractivity contribution in [1.29, 1.82) is 0 Å². The Balaban J connectivity index is 3.06. The molecule has 1 aliphatic rings. The maximum Gasteiger partial charge on any atom is 0.348 e. The van der Waals surface area contributed by atoms with Crippen LogP contribution in [0.4, 0.5) is 0 Å². The molecule has 0 N–H and O–H groups in total. The third-order valence-electron chi connectivity index (χ3n) is 2.74. The van der Waals surface area contributed by atoms with Crippen LogP contribution in [0.15, 0.2) is 11.3 Å². The summed E-state index contributed by atoms with van der Waals surface area (Å²) in [5, 5.41) is 0. The lowest BCUT2D eigenvalue weighted by molar-refractivity contribution is -0.163. The molecule has 0 aromatic heterocycles. The van der Waals surface area contributed by atoms with Crippen molar-refractivity contribution in [1.82, 2.24) is 0 Å². The Morgan fingerprint density at radius 1 is 1.11 bits per heavy atom. The van der Waals surface area contributed by atoms with Crippen molar-refractivity contribution in [3.05, 3.63) is 11.3 Å². The van der Waals surface area contributed by atoms with E-state index in [1.165, 1.54) is 6.92 Å². The summed E-state index contributed by atoms with van der Waals surface area (Å²) in [6.45, 7) is 6.50. The monoisotopic (exact) mass is 270 g/mol. The first-order valence-electron chi connectivity index (χ1n) is 6.15. The predicted molar refractivity (Wildman–Crippen MR) is 65.0 cm³/mol. The Hall–Kier alpha value is -1.85. The Morgan fingerprint density at radius 3 is 2.11 bits per heavy atom. The first kappa shape index (κ1) is 15.2. The summed E-state index contributed by atoms with van der Waals surface area (Å²) < 4.78 is 15.1. The largest absolute Gasteiger partial charge is 0.482 e. The molecule has 1 aliphatic heterocycles. The number of rotatable bonds is 5. The molecule has 6 nitrogen and oxygen atoms in total. The second-order valence-electron chi connectivity index (χ2n) is 4.05. The molecule has 1 rings (SSSR count). The van der Waals surface area contributed by atoms with E-state index in [-0.39, 0.29) is 30.3 Å². The van der Waals surface area contributed by atoms with Gasteiger partial charge in [0.15, 0.2) is 5.78 Å². The molecule has 0 spiro atoms. The predicted octanol–water partition coefficient (Wildman–Crippen LogP) is 0.991. The van der Waals surface area contributed by atoms with Gasteiger partial charge in [0, 0.05) is 0 Å². The quantitative estimate of drug-likeness (QED) is 0.693. The topological polar surface area (TPSA) is 78.9 Å². The molecule has 0 saturated heterocycles. The third kappa shape index (κ3) is 3.13. The van der Waals surface area contributed by atoms with Crippen LogP contribution in [-0.2, 0) is 28.6 Å². The second kappa shape index (κ2) is 6.36. The Morgan fingerprint density at radius 2 is 1.63 bits per heavy atom. The van der Waals surface area contributed by atoms with E-state index >= 15 is 0 Å². The van der Waals surface area contributed by atoms with Crippen LogP contribution in [-0.4, -0.2) is 37.0 Å². The zero-order valence-electron chi connectivity index (χ0n) is 11.5. The minimum atomic E-state index is -1.14. The molecule has 0 amide bonds. The van der Waals surface area contributed by atoms with E-state index in [1.54, 1.807) is 20.8 Å². The van der Waals surface area contributed by atoms with Crippen molar-refractivity contribution < 1.29 is 28.6 Å². The Bertz CT molecular complexity index is 423. The number of Topliss-reactive ketones (excluding diaryl/α,β-unsaturated/α-hetero) is 1. The van der Waals surface area contributed by atoms with Gasteiger partial charge in [-0.25, -0.2) is 4.79 Å². The Labute approximate surface area is 111 Å². The van der Waals surface area contributed by atoms with Crippen molar-refractivity contribution in [2.45, 2.75) is 33.8 Å². The molecule has 0 bridgehead atoms. The highest BCUT2D eigenvalue weighted by Gasteiger charge is 2.47. The van der Waals surface area contributed by atoms with Crippen LogP contribution >= 0.6 is 0 Å². The van der Waals surface area contributed by atoms with E-state index in [2.05, 4.69) is 0 Å². The number of hydrogen-bond acceptors (Lipinski definition) is 6. The minimum Gasteiger partial charge on any atom is -0.482 e. The van der Waals surface area contributed by atoms with Gasteiger partial charge in [-0.1, -0.05) is 0 Å². The van der Waals surface area contributed by atoms with Crippen LogP contribution in [0.2, 0.25) is 0 Å².